The van der Waals surface area contributed by atoms with Gasteiger partial charge in [0.1, 0.15) is 5.60 Å². The van der Waals surface area contributed by atoms with E-state index in [0.29, 0.717) is 10.6 Å². The minimum atomic E-state index is -3.37. The molecule has 1 atom stereocenters. The van der Waals surface area contributed by atoms with Crippen molar-refractivity contribution in [3.63, 3.8) is 0 Å². The van der Waals surface area contributed by atoms with Gasteiger partial charge in [-0.1, -0.05) is 23.7 Å². The number of nitrogens with one attached hydrogen (secondary N) is 2. The summed E-state index contributed by atoms with van der Waals surface area (Å²) < 4.78 is 30.1. The van der Waals surface area contributed by atoms with Crippen LogP contribution in [0, 0.1) is 0 Å². The quantitative estimate of drug-likeness (QED) is 0.856. The molecular weight excluding hydrogens is 328 g/mol. The van der Waals surface area contributed by atoms with E-state index >= 15 is 0 Å². The van der Waals surface area contributed by atoms with Gasteiger partial charge in [0.15, 0.2) is 0 Å². The van der Waals surface area contributed by atoms with Gasteiger partial charge < -0.3 is 10.1 Å². The molecule has 124 valence electrons. The summed E-state index contributed by atoms with van der Waals surface area (Å²) in [6, 6.07) is 6.20. The molecule has 8 heteroatoms. The van der Waals surface area contributed by atoms with Gasteiger partial charge in [-0.15, -0.1) is 0 Å². The fourth-order valence-electron chi connectivity index (χ4n) is 1.63. The summed E-state index contributed by atoms with van der Waals surface area (Å²) in [5, 5.41) is 3.20. The lowest BCUT2D eigenvalue weighted by Crippen LogP contribution is -2.40. The summed E-state index contributed by atoms with van der Waals surface area (Å²) in [5.74, 6) is 0. The average Bonchev–Trinajstić information content (AvgIpc) is 2.32. The van der Waals surface area contributed by atoms with Crippen molar-refractivity contribution >= 4 is 27.7 Å². The van der Waals surface area contributed by atoms with Crippen LogP contribution < -0.4 is 10.0 Å². The Morgan fingerprint density at radius 1 is 1.27 bits per heavy atom. The lowest BCUT2D eigenvalue weighted by molar-refractivity contribution is 0.0504. The number of amides is 1. The van der Waals surface area contributed by atoms with Crippen LogP contribution in [0.15, 0.2) is 24.3 Å². The van der Waals surface area contributed by atoms with Gasteiger partial charge in [0, 0.05) is 11.6 Å². The molecule has 1 rings (SSSR count). The average molecular weight is 349 g/mol. The molecule has 0 aromatic heterocycles. The van der Waals surface area contributed by atoms with E-state index in [1.165, 1.54) is 0 Å². The fourth-order valence-corrected chi connectivity index (χ4v) is 2.23. The van der Waals surface area contributed by atoms with Crippen molar-refractivity contribution in [2.24, 2.45) is 0 Å². The van der Waals surface area contributed by atoms with Crippen LogP contribution in [-0.2, 0) is 14.8 Å². The van der Waals surface area contributed by atoms with Crippen molar-refractivity contribution in [2.75, 3.05) is 12.8 Å². The van der Waals surface area contributed by atoms with E-state index in [1.54, 1.807) is 45.0 Å². The number of alkyl carbamates (subject to hydrolysis) is 1. The molecule has 0 fully saturated rings. The summed E-state index contributed by atoms with van der Waals surface area (Å²) in [4.78, 5) is 11.9. The van der Waals surface area contributed by atoms with Crippen molar-refractivity contribution < 1.29 is 17.9 Å². The highest BCUT2D eigenvalue weighted by atomic mass is 35.5. The molecule has 0 saturated heterocycles. The highest BCUT2D eigenvalue weighted by molar-refractivity contribution is 7.88. The van der Waals surface area contributed by atoms with E-state index in [4.69, 9.17) is 16.3 Å². The Morgan fingerprint density at radius 2 is 1.82 bits per heavy atom. The molecule has 0 aliphatic carbocycles. The van der Waals surface area contributed by atoms with Crippen LogP contribution in [0.1, 0.15) is 32.4 Å². The molecule has 1 aromatic carbocycles. The first-order valence-corrected chi connectivity index (χ1v) is 8.93. The first-order chi connectivity index (χ1) is 9.96. The van der Waals surface area contributed by atoms with Crippen molar-refractivity contribution in [2.45, 2.75) is 32.4 Å². The third-order valence-electron chi connectivity index (χ3n) is 2.51. The zero-order valence-electron chi connectivity index (χ0n) is 13.0. The third kappa shape index (κ3) is 7.63. The largest absolute Gasteiger partial charge is 0.444 e. The Bertz CT molecular complexity index is 609. The minimum absolute atomic E-state index is 0.0136. The van der Waals surface area contributed by atoms with Gasteiger partial charge in [0.2, 0.25) is 10.0 Å². The molecule has 0 aliphatic rings. The highest BCUT2D eigenvalue weighted by Gasteiger charge is 2.21. The number of hydrogen-bond donors (Lipinski definition) is 2. The van der Waals surface area contributed by atoms with E-state index in [9.17, 15) is 13.2 Å². The maximum absolute atomic E-state index is 11.9. The summed E-state index contributed by atoms with van der Waals surface area (Å²) in [5.41, 5.74) is 0.0743. The summed E-state index contributed by atoms with van der Waals surface area (Å²) in [6.07, 6.45) is 0.433. The molecule has 2 N–H and O–H groups in total. The van der Waals surface area contributed by atoms with Gasteiger partial charge in [-0.3, -0.25) is 0 Å². The molecule has 0 aliphatic heterocycles. The molecule has 0 heterocycles. The van der Waals surface area contributed by atoms with Gasteiger partial charge in [-0.25, -0.2) is 17.9 Å². The molecule has 22 heavy (non-hydrogen) atoms. The van der Waals surface area contributed by atoms with Crippen LogP contribution in [0.4, 0.5) is 4.79 Å². The molecule has 1 amide bonds. The summed E-state index contributed by atoms with van der Waals surface area (Å²) in [6.45, 7) is 5.26. The fraction of sp³-hybridized carbons (Fsp3) is 0.500. The SMILES string of the molecule is CC(C)(C)OC(=O)NC(CNS(C)(=O)=O)c1ccc(Cl)cc1. The third-order valence-corrected chi connectivity index (χ3v) is 3.46. The number of carbonyl (C=O) groups excluding carboxylic acids is 1. The summed E-state index contributed by atoms with van der Waals surface area (Å²) >= 11 is 5.84. The van der Waals surface area contributed by atoms with Gasteiger partial charge in [0.25, 0.3) is 0 Å². The summed E-state index contributed by atoms with van der Waals surface area (Å²) in [7, 11) is -3.37. The maximum atomic E-state index is 11.9. The smallest absolute Gasteiger partial charge is 0.408 e. The number of benzene rings is 1. The van der Waals surface area contributed by atoms with Crippen molar-refractivity contribution in [3.8, 4) is 0 Å². The molecule has 0 bridgehead atoms. The zero-order valence-corrected chi connectivity index (χ0v) is 14.6. The Balaban J connectivity index is 2.86. The number of halogens is 1. The Kier molecular flexibility index (Phi) is 6.22. The topological polar surface area (TPSA) is 84.5 Å². The molecular formula is C14H21ClN2O4S. The normalized spacial score (nSPS) is 13.5. The number of rotatable bonds is 5. The molecule has 0 saturated carbocycles. The van der Waals surface area contributed by atoms with Gasteiger partial charge in [-0.2, -0.15) is 0 Å². The second-order valence-corrected chi connectivity index (χ2v) is 8.14. The van der Waals surface area contributed by atoms with E-state index < -0.39 is 27.8 Å². The minimum Gasteiger partial charge on any atom is -0.444 e. The first-order valence-electron chi connectivity index (χ1n) is 6.66. The number of carbonyl (C=O) groups is 1. The lowest BCUT2D eigenvalue weighted by atomic mass is 10.1. The second kappa shape index (κ2) is 7.30. The molecule has 1 unspecified atom stereocenters. The first kappa shape index (κ1) is 18.7. The van der Waals surface area contributed by atoms with Gasteiger partial charge >= 0.3 is 6.09 Å². The highest BCUT2D eigenvalue weighted by Crippen LogP contribution is 2.17. The molecule has 0 radical (unpaired) electrons. The zero-order chi connectivity index (χ0) is 17.0. The maximum Gasteiger partial charge on any atom is 0.408 e. The molecule has 0 spiro atoms. The van der Waals surface area contributed by atoms with Crippen molar-refractivity contribution in [1.29, 1.82) is 0 Å². The standard InChI is InChI=1S/C14H21ClN2O4S/c1-14(2,3)21-13(18)17-12(9-16-22(4,19)20)10-5-7-11(15)8-6-10/h5-8,12,16H,9H2,1-4H3,(H,17,18). The van der Waals surface area contributed by atoms with E-state index in [1.807, 2.05) is 0 Å². The number of hydrogen-bond acceptors (Lipinski definition) is 4. The van der Waals surface area contributed by atoms with Gasteiger partial charge in [0.05, 0.1) is 12.3 Å². The van der Waals surface area contributed by atoms with Crippen molar-refractivity contribution in [3.05, 3.63) is 34.9 Å². The predicted molar refractivity (Wildman–Crippen MR) is 86.4 cm³/mol. The Labute approximate surface area is 136 Å². The van der Waals surface area contributed by atoms with E-state index in [0.717, 1.165) is 6.26 Å². The van der Waals surface area contributed by atoms with Crippen LogP contribution in [0.25, 0.3) is 0 Å². The Morgan fingerprint density at radius 3 is 2.27 bits per heavy atom. The van der Waals surface area contributed by atoms with Gasteiger partial charge in [-0.05, 0) is 38.5 Å². The van der Waals surface area contributed by atoms with Crippen LogP contribution >= 0.6 is 11.6 Å². The Hall–Kier alpha value is -1.31. The monoisotopic (exact) mass is 348 g/mol. The van der Waals surface area contributed by atoms with Crippen LogP contribution in [0.3, 0.4) is 0 Å². The molecule has 1 aromatic rings. The van der Waals surface area contributed by atoms with Crippen LogP contribution in [-0.4, -0.2) is 32.9 Å². The number of ether oxygens (including phenoxy) is 1. The van der Waals surface area contributed by atoms with Crippen LogP contribution in [0.5, 0.6) is 0 Å². The lowest BCUT2D eigenvalue weighted by Gasteiger charge is -2.24. The number of sulfonamides is 1. The van der Waals surface area contributed by atoms with E-state index in [-0.39, 0.29) is 6.54 Å². The second-order valence-electron chi connectivity index (χ2n) is 5.87. The van der Waals surface area contributed by atoms with E-state index in [2.05, 4.69) is 10.0 Å². The van der Waals surface area contributed by atoms with Crippen molar-refractivity contribution in [1.82, 2.24) is 10.0 Å². The van der Waals surface area contributed by atoms with Crippen LogP contribution in [0.2, 0.25) is 5.02 Å². The molecule has 6 nitrogen and oxygen atoms in total. The predicted octanol–water partition coefficient (Wildman–Crippen LogP) is 2.46.